The van der Waals surface area contributed by atoms with Crippen LogP contribution < -0.4 is 5.73 Å². The van der Waals surface area contributed by atoms with E-state index in [4.69, 9.17) is 11.0 Å². The lowest BCUT2D eigenvalue weighted by atomic mass is 10.1. The molecule has 0 aliphatic rings. The van der Waals surface area contributed by atoms with E-state index in [0.717, 1.165) is 14.6 Å². The molecule has 2 nitrogen and oxygen atoms in total. The van der Waals surface area contributed by atoms with Gasteiger partial charge in [0.1, 0.15) is 0 Å². The van der Waals surface area contributed by atoms with E-state index in [2.05, 4.69) is 22.0 Å². The minimum atomic E-state index is 0.601. The number of rotatable bonds is 0. The molecule has 1 aromatic heterocycles. The zero-order chi connectivity index (χ0) is 9.42. The van der Waals surface area contributed by atoms with E-state index in [-0.39, 0.29) is 0 Å². The van der Waals surface area contributed by atoms with Crippen LogP contribution in [0.2, 0.25) is 0 Å². The number of hydrogen-bond donors (Lipinski definition) is 1. The molecule has 2 N–H and O–H groups in total. The molecule has 0 aliphatic carbocycles. The molecule has 0 spiro atoms. The fourth-order valence-electron chi connectivity index (χ4n) is 1.20. The second kappa shape index (κ2) is 3.02. The number of nitrogen functional groups attached to an aromatic ring is 1. The number of nitrogens with zero attached hydrogens (tertiary/aromatic N) is 1. The van der Waals surface area contributed by atoms with Gasteiger partial charge in [-0.3, -0.25) is 0 Å². The molecule has 1 aromatic carbocycles. The summed E-state index contributed by atoms with van der Waals surface area (Å²) in [6.07, 6.45) is 0. The summed E-state index contributed by atoms with van der Waals surface area (Å²) in [5.41, 5.74) is 7.06. The van der Waals surface area contributed by atoms with E-state index in [9.17, 15) is 0 Å². The van der Waals surface area contributed by atoms with Crippen LogP contribution in [0, 0.1) is 11.3 Å². The monoisotopic (exact) mass is 252 g/mol. The van der Waals surface area contributed by atoms with Gasteiger partial charge in [0, 0.05) is 15.2 Å². The Balaban J connectivity index is 2.90. The maximum Gasteiger partial charge on any atom is 0.0992 e. The summed E-state index contributed by atoms with van der Waals surface area (Å²) >= 11 is 4.99. The summed E-state index contributed by atoms with van der Waals surface area (Å²) in [4.78, 5) is 0. The number of nitrogens with two attached hydrogens (primary N) is 1. The summed E-state index contributed by atoms with van der Waals surface area (Å²) in [5, 5.41) is 11.7. The van der Waals surface area contributed by atoms with Crippen LogP contribution in [0.3, 0.4) is 0 Å². The number of nitriles is 1. The minimum absolute atomic E-state index is 0.601. The molecule has 1 heterocycles. The van der Waals surface area contributed by atoms with Crippen molar-refractivity contribution >= 4 is 43.0 Å². The third kappa shape index (κ3) is 1.30. The predicted octanol–water partition coefficient (Wildman–Crippen LogP) is 3.12. The van der Waals surface area contributed by atoms with Crippen LogP contribution in [0.25, 0.3) is 10.1 Å². The second-order valence-electron chi connectivity index (χ2n) is 2.64. The maximum absolute atomic E-state index is 8.73. The highest BCUT2D eigenvalue weighted by molar-refractivity contribution is 9.10. The standard InChI is InChI=1S/C9H5BrN2S/c10-7-4-13-9-6(7)1-5(3-11)2-8(9)12/h1-2,4H,12H2. The molecular formula is C9H5BrN2S. The van der Waals surface area contributed by atoms with E-state index in [0.29, 0.717) is 11.3 Å². The molecule has 4 heteroatoms. The Morgan fingerprint density at radius 3 is 2.92 bits per heavy atom. The molecule has 0 amide bonds. The van der Waals surface area contributed by atoms with E-state index in [1.54, 1.807) is 17.4 Å². The first-order valence-electron chi connectivity index (χ1n) is 3.58. The fourth-order valence-corrected chi connectivity index (χ4v) is 2.76. The van der Waals surface area contributed by atoms with Gasteiger partial charge in [-0.25, -0.2) is 0 Å². The summed E-state index contributed by atoms with van der Waals surface area (Å²) in [6, 6.07) is 5.62. The molecule has 0 aliphatic heterocycles. The molecule has 2 aromatic rings. The number of halogens is 1. The average Bonchev–Trinajstić information content (AvgIpc) is 2.48. The lowest BCUT2D eigenvalue weighted by Gasteiger charge is -1.96. The Labute approximate surface area is 87.7 Å². The summed E-state index contributed by atoms with van der Waals surface area (Å²) in [7, 11) is 0. The van der Waals surface area contributed by atoms with Crippen LogP contribution in [-0.4, -0.2) is 0 Å². The Hall–Kier alpha value is -1.05. The summed E-state index contributed by atoms with van der Waals surface area (Å²) < 4.78 is 2.03. The molecular weight excluding hydrogens is 248 g/mol. The molecule has 0 fully saturated rings. The Morgan fingerprint density at radius 2 is 2.23 bits per heavy atom. The van der Waals surface area contributed by atoms with Crippen molar-refractivity contribution in [2.24, 2.45) is 0 Å². The molecule has 64 valence electrons. The third-order valence-corrected chi connectivity index (χ3v) is 3.79. The predicted molar refractivity (Wildman–Crippen MR) is 58.7 cm³/mol. The van der Waals surface area contributed by atoms with Gasteiger partial charge in [-0.15, -0.1) is 11.3 Å². The van der Waals surface area contributed by atoms with E-state index >= 15 is 0 Å². The van der Waals surface area contributed by atoms with Gasteiger partial charge in [0.15, 0.2) is 0 Å². The molecule has 0 bridgehead atoms. The molecule has 0 radical (unpaired) electrons. The Bertz CT molecular complexity index is 510. The normalized spacial score (nSPS) is 10.2. The molecule has 0 saturated carbocycles. The van der Waals surface area contributed by atoms with Crippen LogP contribution in [0.4, 0.5) is 5.69 Å². The fraction of sp³-hybridized carbons (Fsp3) is 0. The molecule has 0 saturated heterocycles. The van der Waals surface area contributed by atoms with Crippen molar-refractivity contribution in [3.05, 3.63) is 27.5 Å². The lowest BCUT2D eigenvalue weighted by molar-refractivity contribution is 1.50. The first-order valence-corrected chi connectivity index (χ1v) is 5.26. The Kier molecular flexibility index (Phi) is 1.98. The topological polar surface area (TPSA) is 49.8 Å². The lowest BCUT2D eigenvalue weighted by Crippen LogP contribution is -1.85. The SMILES string of the molecule is N#Cc1cc(N)c2scc(Br)c2c1. The first kappa shape index (κ1) is 8.54. The molecule has 0 unspecified atom stereocenters. The average molecular weight is 253 g/mol. The van der Waals surface area contributed by atoms with E-state index in [1.807, 2.05) is 11.4 Å². The van der Waals surface area contributed by atoms with Gasteiger partial charge in [0.25, 0.3) is 0 Å². The van der Waals surface area contributed by atoms with Gasteiger partial charge in [-0.2, -0.15) is 5.26 Å². The van der Waals surface area contributed by atoms with Crippen LogP contribution in [0.5, 0.6) is 0 Å². The smallest absolute Gasteiger partial charge is 0.0992 e. The van der Waals surface area contributed by atoms with Gasteiger partial charge >= 0.3 is 0 Å². The number of fused-ring (bicyclic) bond motifs is 1. The van der Waals surface area contributed by atoms with Crippen LogP contribution in [0.15, 0.2) is 22.0 Å². The van der Waals surface area contributed by atoms with Crippen molar-refractivity contribution in [2.45, 2.75) is 0 Å². The van der Waals surface area contributed by atoms with E-state index in [1.165, 1.54) is 0 Å². The number of hydrogen-bond acceptors (Lipinski definition) is 3. The quantitative estimate of drug-likeness (QED) is 0.733. The highest BCUT2D eigenvalue weighted by Crippen LogP contribution is 2.34. The molecule has 0 atom stereocenters. The highest BCUT2D eigenvalue weighted by Gasteiger charge is 2.06. The second-order valence-corrected chi connectivity index (χ2v) is 4.37. The minimum Gasteiger partial charge on any atom is -0.398 e. The van der Waals surface area contributed by atoms with E-state index < -0.39 is 0 Å². The van der Waals surface area contributed by atoms with Crippen molar-refractivity contribution in [2.75, 3.05) is 5.73 Å². The highest BCUT2D eigenvalue weighted by atomic mass is 79.9. The van der Waals surface area contributed by atoms with Gasteiger partial charge in [-0.05, 0) is 28.1 Å². The number of benzene rings is 1. The van der Waals surface area contributed by atoms with Gasteiger partial charge in [0.2, 0.25) is 0 Å². The zero-order valence-electron chi connectivity index (χ0n) is 6.54. The van der Waals surface area contributed by atoms with Gasteiger partial charge < -0.3 is 5.73 Å². The third-order valence-electron chi connectivity index (χ3n) is 1.78. The Morgan fingerprint density at radius 1 is 1.46 bits per heavy atom. The molecule has 2 rings (SSSR count). The number of anilines is 1. The number of thiophene rings is 1. The van der Waals surface area contributed by atoms with Crippen molar-refractivity contribution in [1.29, 1.82) is 5.26 Å². The van der Waals surface area contributed by atoms with Gasteiger partial charge in [-0.1, -0.05) is 0 Å². The first-order chi connectivity index (χ1) is 6.22. The summed E-state index contributed by atoms with van der Waals surface area (Å²) in [5.74, 6) is 0. The van der Waals surface area contributed by atoms with Crippen molar-refractivity contribution < 1.29 is 0 Å². The summed E-state index contributed by atoms with van der Waals surface area (Å²) in [6.45, 7) is 0. The van der Waals surface area contributed by atoms with Gasteiger partial charge in [0.05, 0.1) is 22.0 Å². The van der Waals surface area contributed by atoms with Crippen LogP contribution >= 0.6 is 27.3 Å². The largest absolute Gasteiger partial charge is 0.398 e. The van der Waals surface area contributed by atoms with Crippen LogP contribution in [0.1, 0.15) is 5.56 Å². The molecule has 13 heavy (non-hydrogen) atoms. The maximum atomic E-state index is 8.73. The van der Waals surface area contributed by atoms with Crippen molar-refractivity contribution in [1.82, 2.24) is 0 Å². The van der Waals surface area contributed by atoms with Crippen LogP contribution in [-0.2, 0) is 0 Å². The van der Waals surface area contributed by atoms with Crippen molar-refractivity contribution in [3.8, 4) is 6.07 Å². The zero-order valence-corrected chi connectivity index (χ0v) is 8.95. The van der Waals surface area contributed by atoms with Crippen molar-refractivity contribution in [3.63, 3.8) is 0 Å².